The van der Waals surface area contributed by atoms with E-state index >= 15 is 0 Å². The molecule has 0 fully saturated rings. The van der Waals surface area contributed by atoms with E-state index in [0.29, 0.717) is 11.3 Å². The van der Waals surface area contributed by atoms with E-state index in [1.165, 1.54) is 24.3 Å². The molecule has 0 saturated carbocycles. The lowest BCUT2D eigenvalue weighted by Crippen LogP contribution is -1.91. The summed E-state index contributed by atoms with van der Waals surface area (Å²) >= 11 is 5.61. The number of hydrogen-bond donors (Lipinski definition) is 1. The highest BCUT2D eigenvalue weighted by Gasteiger charge is 2.06. The van der Waals surface area contributed by atoms with Crippen LogP contribution in [0.5, 0.6) is 11.5 Å². The highest BCUT2D eigenvalue weighted by Crippen LogP contribution is 2.29. The summed E-state index contributed by atoms with van der Waals surface area (Å²) in [6.07, 6.45) is 2.45. The number of hydrogen-bond acceptors (Lipinski definition) is 2. The summed E-state index contributed by atoms with van der Waals surface area (Å²) in [5.74, 6) is -0.922. The minimum absolute atomic E-state index is 0.0113. The van der Waals surface area contributed by atoms with Crippen LogP contribution < -0.4 is 4.74 Å². The number of ether oxygens (including phenoxy) is 1. The molecule has 0 spiro atoms. The van der Waals surface area contributed by atoms with E-state index in [-0.39, 0.29) is 10.8 Å². The average molecular weight is 307 g/mol. The van der Waals surface area contributed by atoms with Crippen molar-refractivity contribution in [1.82, 2.24) is 0 Å². The second kappa shape index (κ2) is 6.41. The number of rotatable bonds is 4. The summed E-state index contributed by atoms with van der Waals surface area (Å²) < 4.78 is 19.0. The molecule has 0 aliphatic carbocycles. The number of carboxylic acid groups (broad SMARTS) is 1. The number of aryl methyl sites for hydroxylation is 1. The van der Waals surface area contributed by atoms with Crippen molar-refractivity contribution < 1.29 is 19.0 Å². The first-order chi connectivity index (χ1) is 9.95. The van der Waals surface area contributed by atoms with Gasteiger partial charge in [-0.2, -0.15) is 0 Å². The lowest BCUT2D eigenvalue weighted by atomic mass is 10.1. The molecule has 0 aliphatic rings. The van der Waals surface area contributed by atoms with Gasteiger partial charge in [-0.15, -0.1) is 0 Å². The first kappa shape index (κ1) is 15.1. The maximum atomic E-state index is 13.4. The normalized spacial score (nSPS) is 10.8. The van der Waals surface area contributed by atoms with E-state index in [0.717, 1.165) is 11.6 Å². The van der Waals surface area contributed by atoms with Gasteiger partial charge >= 0.3 is 5.97 Å². The van der Waals surface area contributed by atoms with E-state index in [2.05, 4.69) is 0 Å². The number of carbonyl (C=O) groups is 1. The molecule has 0 unspecified atom stereocenters. The second-order valence-corrected chi connectivity index (χ2v) is 4.80. The summed E-state index contributed by atoms with van der Waals surface area (Å²) in [4.78, 5) is 10.6. The van der Waals surface area contributed by atoms with Crippen molar-refractivity contribution in [1.29, 1.82) is 0 Å². The van der Waals surface area contributed by atoms with Gasteiger partial charge in [-0.25, -0.2) is 9.18 Å². The van der Waals surface area contributed by atoms with Gasteiger partial charge in [0.1, 0.15) is 17.3 Å². The topological polar surface area (TPSA) is 46.5 Å². The maximum Gasteiger partial charge on any atom is 0.328 e. The van der Waals surface area contributed by atoms with Crippen LogP contribution in [0.2, 0.25) is 5.02 Å². The van der Waals surface area contributed by atoms with Crippen molar-refractivity contribution in [3.63, 3.8) is 0 Å². The Hall–Kier alpha value is -2.33. The molecule has 2 aromatic carbocycles. The van der Waals surface area contributed by atoms with Crippen molar-refractivity contribution in [2.24, 2.45) is 0 Å². The minimum Gasteiger partial charge on any atom is -0.478 e. The van der Waals surface area contributed by atoms with E-state index in [1.54, 1.807) is 12.1 Å². The van der Waals surface area contributed by atoms with E-state index in [9.17, 15) is 9.18 Å². The van der Waals surface area contributed by atoms with Gasteiger partial charge in [0, 0.05) is 17.7 Å². The van der Waals surface area contributed by atoms with Crippen LogP contribution in [0.3, 0.4) is 0 Å². The smallest absolute Gasteiger partial charge is 0.328 e. The molecule has 108 valence electrons. The molecular formula is C16H12ClFO3. The zero-order valence-corrected chi connectivity index (χ0v) is 11.9. The summed E-state index contributed by atoms with van der Waals surface area (Å²) in [5, 5.41) is 8.71. The Balaban J connectivity index is 2.34. The minimum atomic E-state index is -1.06. The summed E-state index contributed by atoms with van der Waals surface area (Å²) in [6.45, 7) is 1.88. The third-order valence-electron chi connectivity index (χ3n) is 2.69. The van der Waals surface area contributed by atoms with Crippen molar-refractivity contribution in [2.45, 2.75) is 6.92 Å². The van der Waals surface area contributed by atoms with Gasteiger partial charge < -0.3 is 9.84 Å². The van der Waals surface area contributed by atoms with Gasteiger partial charge in [-0.05, 0) is 37.3 Å². The van der Waals surface area contributed by atoms with Crippen LogP contribution in [0.4, 0.5) is 4.39 Å². The van der Waals surface area contributed by atoms with Gasteiger partial charge in [-0.3, -0.25) is 0 Å². The molecular weight excluding hydrogens is 295 g/mol. The van der Waals surface area contributed by atoms with Gasteiger partial charge in [0.15, 0.2) is 0 Å². The molecule has 2 rings (SSSR count). The Morgan fingerprint density at radius 3 is 2.71 bits per heavy atom. The van der Waals surface area contributed by atoms with Crippen molar-refractivity contribution in [3.05, 3.63) is 64.4 Å². The van der Waals surface area contributed by atoms with Crippen LogP contribution in [0.25, 0.3) is 6.08 Å². The molecule has 5 heteroatoms. The van der Waals surface area contributed by atoms with Crippen molar-refractivity contribution in [3.8, 4) is 11.5 Å². The summed E-state index contributed by atoms with van der Waals surface area (Å²) in [5.41, 5.74) is 1.54. The summed E-state index contributed by atoms with van der Waals surface area (Å²) in [6, 6.07) is 9.40. The fourth-order valence-electron chi connectivity index (χ4n) is 1.72. The SMILES string of the molecule is Cc1ccc(Oc2ccc(Cl)c(F)c2)c(/C=C/C(=O)O)c1. The van der Waals surface area contributed by atoms with Crippen LogP contribution in [-0.4, -0.2) is 11.1 Å². The zero-order chi connectivity index (χ0) is 15.4. The molecule has 0 amide bonds. The molecule has 2 aromatic rings. The quantitative estimate of drug-likeness (QED) is 0.834. The first-order valence-corrected chi connectivity index (χ1v) is 6.48. The number of aliphatic carboxylic acids is 1. The Bertz CT molecular complexity index is 711. The van der Waals surface area contributed by atoms with E-state index in [4.69, 9.17) is 21.4 Å². The average Bonchev–Trinajstić information content (AvgIpc) is 2.43. The summed E-state index contributed by atoms with van der Waals surface area (Å²) in [7, 11) is 0. The van der Waals surface area contributed by atoms with Crippen LogP contribution >= 0.6 is 11.6 Å². The first-order valence-electron chi connectivity index (χ1n) is 6.10. The predicted octanol–water partition coefficient (Wildman–Crippen LogP) is 4.68. The predicted molar refractivity (Wildman–Crippen MR) is 79.3 cm³/mol. The maximum absolute atomic E-state index is 13.4. The second-order valence-electron chi connectivity index (χ2n) is 4.39. The number of carboxylic acids is 1. The van der Waals surface area contributed by atoms with Crippen LogP contribution in [0.1, 0.15) is 11.1 Å². The van der Waals surface area contributed by atoms with Crippen molar-refractivity contribution >= 4 is 23.6 Å². The molecule has 0 heterocycles. The largest absolute Gasteiger partial charge is 0.478 e. The monoisotopic (exact) mass is 306 g/mol. The van der Waals surface area contributed by atoms with Crippen molar-refractivity contribution in [2.75, 3.05) is 0 Å². The number of benzene rings is 2. The molecule has 0 saturated heterocycles. The van der Waals surface area contributed by atoms with Gasteiger partial charge in [-0.1, -0.05) is 23.2 Å². The van der Waals surface area contributed by atoms with Crippen LogP contribution in [-0.2, 0) is 4.79 Å². The van der Waals surface area contributed by atoms with Gasteiger partial charge in [0.05, 0.1) is 5.02 Å². The molecule has 21 heavy (non-hydrogen) atoms. The Morgan fingerprint density at radius 2 is 2.05 bits per heavy atom. The molecule has 0 aromatic heterocycles. The molecule has 3 nitrogen and oxygen atoms in total. The third-order valence-corrected chi connectivity index (χ3v) is 3.00. The Kier molecular flexibility index (Phi) is 4.60. The fraction of sp³-hybridized carbons (Fsp3) is 0.0625. The van der Waals surface area contributed by atoms with E-state index < -0.39 is 11.8 Å². The number of halogens is 2. The molecule has 0 atom stereocenters. The highest BCUT2D eigenvalue weighted by atomic mass is 35.5. The molecule has 0 bridgehead atoms. The fourth-order valence-corrected chi connectivity index (χ4v) is 1.84. The molecule has 1 N–H and O–H groups in total. The molecule has 0 aliphatic heterocycles. The standard InChI is InChI=1S/C16H12ClFO3/c1-10-2-6-15(11(8-10)3-7-16(19)20)21-12-4-5-13(17)14(18)9-12/h2-9H,1H3,(H,19,20)/b7-3+. The van der Waals surface area contributed by atoms with Crippen LogP contribution in [0.15, 0.2) is 42.5 Å². The highest BCUT2D eigenvalue weighted by molar-refractivity contribution is 6.30. The van der Waals surface area contributed by atoms with Gasteiger partial charge in [0.2, 0.25) is 0 Å². The Labute approximate surface area is 126 Å². The zero-order valence-electron chi connectivity index (χ0n) is 11.1. The van der Waals surface area contributed by atoms with Crippen LogP contribution in [0, 0.1) is 12.7 Å². The van der Waals surface area contributed by atoms with E-state index in [1.807, 2.05) is 13.0 Å². The lowest BCUT2D eigenvalue weighted by Gasteiger charge is -2.10. The van der Waals surface area contributed by atoms with Gasteiger partial charge in [0.25, 0.3) is 0 Å². The molecule has 0 radical (unpaired) electrons. The third kappa shape index (κ3) is 4.07. The lowest BCUT2D eigenvalue weighted by molar-refractivity contribution is -0.131. The Morgan fingerprint density at radius 1 is 1.29 bits per heavy atom.